The van der Waals surface area contributed by atoms with Gasteiger partial charge in [0.05, 0.1) is 0 Å². The summed E-state index contributed by atoms with van der Waals surface area (Å²) in [6.07, 6.45) is 5.67. The van der Waals surface area contributed by atoms with Gasteiger partial charge >= 0.3 is 0 Å². The van der Waals surface area contributed by atoms with Crippen LogP contribution in [0.15, 0.2) is 65.7 Å². The first kappa shape index (κ1) is 22.6. The Morgan fingerprint density at radius 3 is 2.69 bits per heavy atom. The Kier molecular flexibility index (Phi) is 5.77. The number of pyridine rings is 1. The van der Waals surface area contributed by atoms with Crippen LogP contribution < -0.4 is 9.80 Å². The molecule has 1 saturated heterocycles. The molecule has 0 saturated carbocycles. The van der Waals surface area contributed by atoms with Crippen LogP contribution in [-0.2, 0) is 36.0 Å². The third-order valence-electron chi connectivity index (χ3n) is 7.81. The average Bonchev–Trinajstić information content (AvgIpc) is 3.29. The number of aromatic nitrogens is 1. The first-order chi connectivity index (χ1) is 17.0. The predicted molar refractivity (Wildman–Crippen MR) is 139 cm³/mol. The highest BCUT2D eigenvalue weighted by Crippen LogP contribution is 2.34. The van der Waals surface area contributed by atoms with E-state index < -0.39 is 10.0 Å². The monoisotopic (exact) mass is 488 g/mol. The van der Waals surface area contributed by atoms with Crippen molar-refractivity contribution in [2.75, 3.05) is 29.4 Å². The molecule has 0 radical (unpaired) electrons. The standard InChI is InChI=1S/C28H32N4O2S/c1-2-21-9-10-23-19-31(15-13-22(23)16-21)35(33,34)26-11-12-28(29-17-26)30-18-24-6-3-4-8-27(24)32-14-5-7-25(32)20-30/h3-4,6,8-12,16-17,25H,2,5,7,13-15,18-20H2,1H3/t25-/m1/s1. The van der Waals surface area contributed by atoms with Crippen LogP contribution in [0.3, 0.4) is 0 Å². The predicted octanol–water partition coefficient (Wildman–Crippen LogP) is 4.38. The van der Waals surface area contributed by atoms with Crippen LogP contribution >= 0.6 is 0 Å². The van der Waals surface area contributed by atoms with E-state index in [1.807, 2.05) is 6.07 Å². The summed E-state index contributed by atoms with van der Waals surface area (Å²) >= 11 is 0. The van der Waals surface area contributed by atoms with Crippen molar-refractivity contribution in [1.82, 2.24) is 9.29 Å². The summed E-state index contributed by atoms with van der Waals surface area (Å²) < 4.78 is 28.5. The van der Waals surface area contributed by atoms with Gasteiger partial charge in [-0.1, -0.05) is 43.3 Å². The van der Waals surface area contributed by atoms with Crippen LogP contribution in [0.4, 0.5) is 11.5 Å². The number of fused-ring (bicyclic) bond motifs is 4. The quantitative estimate of drug-likeness (QED) is 0.546. The third kappa shape index (κ3) is 4.10. The van der Waals surface area contributed by atoms with Crippen molar-refractivity contribution >= 4 is 21.5 Å². The summed E-state index contributed by atoms with van der Waals surface area (Å²) in [5, 5.41) is 0. The van der Waals surface area contributed by atoms with Crippen LogP contribution in [0.25, 0.3) is 0 Å². The summed E-state index contributed by atoms with van der Waals surface area (Å²) in [7, 11) is -3.59. The van der Waals surface area contributed by atoms with Gasteiger partial charge in [0.2, 0.25) is 10.0 Å². The van der Waals surface area contributed by atoms with Crippen LogP contribution in [0, 0.1) is 0 Å². The summed E-state index contributed by atoms with van der Waals surface area (Å²) in [5.41, 5.74) is 6.30. The van der Waals surface area contributed by atoms with E-state index in [0.29, 0.717) is 19.1 Å². The molecule has 2 aromatic carbocycles. The van der Waals surface area contributed by atoms with Crippen molar-refractivity contribution in [3.05, 3.63) is 83.0 Å². The third-order valence-corrected chi connectivity index (χ3v) is 9.64. The molecular weight excluding hydrogens is 456 g/mol. The second kappa shape index (κ2) is 8.95. The fourth-order valence-corrected chi connectivity index (χ4v) is 7.20. The molecule has 3 aromatic rings. The maximum atomic E-state index is 13.4. The Balaban J connectivity index is 1.23. The lowest BCUT2D eigenvalue weighted by atomic mass is 9.98. The lowest BCUT2D eigenvalue weighted by Gasteiger charge is -2.29. The number of anilines is 2. The molecule has 3 aliphatic heterocycles. The molecule has 7 heteroatoms. The van der Waals surface area contributed by atoms with Crippen molar-refractivity contribution in [1.29, 1.82) is 0 Å². The van der Waals surface area contributed by atoms with Crippen molar-refractivity contribution in [2.45, 2.75) is 56.6 Å². The molecule has 1 atom stereocenters. The zero-order valence-corrected chi connectivity index (χ0v) is 21.0. The first-order valence-electron chi connectivity index (χ1n) is 12.7. The molecule has 0 aliphatic carbocycles. The number of hydrogen-bond donors (Lipinski definition) is 0. The zero-order chi connectivity index (χ0) is 24.0. The molecule has 0 N–H and O–H groups in total. The van der Waals surface area contributed by atoms with Crippen molar-refractivity contribution in [3.8, 4) is 0 Å². The molecule has 4 heterocycles. The van der Waals surface area contributed by atoms with E-state index in [1.165, 1.54) is 35.2 Å². The molecule has 0 amide bonds. The van der Waals surface area contributed by atoms with Crippen LogP contribution in [0.1, 0.15) is 42.0 Å². The molecule has 6 rings (SSSR count). The Labute approximate surface area is 208 Å². The number of sulfonamides is 1. The lowest BCUT2D eigenvalue weighted by molar-refractivity contribution is 0.391. The van der Waals surface area contributed by atoms with Crippen molar-refractivity contribution in [2.24, 2.45) is 0 Å². The van der Waals surface area contributed by atoms with E-state index >= 15 is 0 Å². The van der Waals surface area contributed by atoms with Gasteiger partial charge in [-0.25, -0.2) is 13.4 Å². The maximum Gasteiger partial charge on any atom is 0.244 e. The zero-order valence-electron chi connectivity index (χ0n) is 20.2. The van der Waals surface area contributed by atoms with Crippen molar-refractivity contribution in [3.63, 3.8) is 0 Å². The molecule has 1 aromatic heterocycles. The largest absolute Gasteiger partial charge is 0.366 e. The number of hydrogen-bond acceptors (Lipinski definition) is 5. The molecule has 6 nitrogen and oxygen atoms in total. The summed E-state index contributed by atoms with van der Waals surface area (Å²) in [6.45, 7) is 5.85. The van der Waals surface area contributed by atoms with Gasteiger partial charge in [0.15, 0.2) is 0 Å². The minimum atomic E-state index is -3.59. The molecular formula is C28H32N4O2S. The number of rotatable bonds is 4. The summed E-state index contributed by atoms with van der Waals surface area (Å²) in [6, 6.07) is 19.1. The lowest BCUT2D eigenvalue weighted by Crippen LogP contribution is -2.38. The summed E-state index contributed by atoms with van der Waals surface area (Å²) in [4.78, 5) is 9.76. The topological polar surface area (TPSA) is 56.8 Å². The van der Waals surface area contributed by atoms with Gasteiger partial charge in [-0.2, -0.15) is 4.31 Å². The Morgan fingerprint density at radius 1 is 0.971 bits per heavy atom. The molecule has 0 bridgehead atoms. The number of aryl methyl sites for hydroxylation is 1. The molecule has 0 unspecified atom stereocenters. The molecule has 35 heavy (non-hydrogen) atoms. The molecule has 182 valence electrons. The smallest absolute Gasteiger partial charge is 0.244 e. The highest BCUT2D eigenvalue weighted by Gasteiger charge is 2.33. The highest BCUT2D eigenvalue weighted by molar-refractivity contribution is 7.89. The number of benzene rings is 2. The maximum absolute atomic E-state index is 13.4. The van der Waals surface area contributed by atoms with E-state index in [1.54, 1.807) is 16.6 Å². The van der Waals surface area contributed by atoms with Gasteiger partial charge < -0.3 is 9.80 Å². The van der Waals surface area contributed by atoms with Gasteiger partial charge in [-0.05, 0) is 66.1 Å². The fraction of sp³-hybridized carbons (Fsp3) is 0.393. The van der Waals surface area contributed by atoms with Gasteiger partial charge in [-0.3, -0.25) is 0 Å². The Hall–Kier alpha value is -2.90. The number of nitrogens with zero attached hydrogens (tertiary/aromatic N) is 4. The second-order valence-electron chi connectivity index (χ2n) is 9.90. The Bertz CT molecular complexity index is 1340. The van der Waals surface area contributed by atoms with Gasteiger partial charge in [-0.15, -0.1) is 0 Å². The average molecular weight is 489 g/mol. The number of para-hydroxylation sites is 1. The van der Waals surface area contributed by atoms with E-state index in [4.69, 9.17) is 0 Å². The van der Waals surface area contributed by atoms with E-state index in [-0.39, 0.29) is 4.90 Å². The fourth-order valence-electron chi connectivity index (χ4n) is 5.83. The first-order valence-corrected chi connectivity index (χ1v) is 14.1. The SMILES string of the molecule is CCc1ccc2c(c1)CCN(S(=O)(=O)c1ccc(N3Cc4ccccc4N4CCC[C@@H]4C3)nc1)C2. The molecule has 0 spiro atoms. The highest BCUT2D eigenvalue weighted by atomic mass is 32.2. The van der Waals surface area contributed by atoms with Gasteiger partial charge in [0.25, 0.3) is 0 Å². The summed E-state index contributed by atoms with van der Waals surface area (Å²) in [5.74, 6) is 0.837. The second-order valence-corrected chi connectivity index (χ2v) is 11.8. The Morgan fingerprint density at radius 2 is 1.86 bits per heavy atom. The van der Waals surface area contributed by atoms with E-state index in [9.17, 15) is 8.42 Å². The van der Waals surface area contributed by atoms with Crippen LogP contribution in [0.2, 0.25) is 0 Å². The van der Waals surface area contributed by atoms with E-state index in [2.05, 4.69) is 64.2 Å². The van der Waals surface area contributed by atoms with Crippen LogP contribution in [0.5, 0.6) is 0 Å². The minimum absolute atomic E-state index is 0.271. The molecule has 3 aliphatic rings. The van der Waals surface area contributed by atoms with Gasteiger partial charge in [0, 0.05) is 50.6 Å². The molecule has 1 fully saturated rings. The van der Waals surface area contributed by atoms with E-state index in [0.717, 1.165) is 43.9 Å². The minimum Gasteiger partial charge on any atom is -0.366 e. The van der Waals surface area contributed by atoms with Crippen molar-refractivity contribution < 1.29 is 8.42 Å². The van der Waals surface area contributed by atoms with Gasteiger partial charge in [0.1, 0.15) is 10.7 Å². The normalized spacial score (nSPS) is 20.2. The van der Waals surface area contributed by atoms with Crippen LogP contribution in [-0.4, -0.2) is 43.4 Å².